The van der Waals surface area contributed by atoms with E-state index in [1.54, 1.807) is 6.07 Å². The van der Waals surface area contributed by atoms with Gasteiger partial charge in [0, 0.05) is 18.5 Å². The molecule has 1 fully saturated rings. The van der Waals surface area contributed by atoms with Gasteiger partial charge in [-0.25, -0.2) is 0 Å². The first-order valence-electron chi connectivity index (χ1n) is 10.0. The van der Waals surface area contributed by atoms with E-state index in [1.165, 1.54) is 17.5 Å². The highest BCUT2D eigenvalue weighted by Crippen LogP contribution is 2.24. The van der Waals surface area contributed by atoms with Crippen LogP contribution in [0.15, 0.2) is 59.4 Å². The monoisotopic (exact) mass is 375 g/mol. The SMILES string of the molecule is CN(C(=O)c1nn(-c2ccccc2)c(=O)c2ccccc12)C1CCCCCC1. The molecule has 144 valence electrons. The van der Waals surface area contributed by atoms with Gasteiger partial charge in [0.2, 0.25) is 0 Å². The van der Waals surface area contributed by atoms with Crippen molar-refractivity contribution in [1.82, 2.24) is 14.7 Å². The van der Waals surface area contributed by atoms with Gasteiger partial charge >= 0.3 is 0 Å². The molecule has 1 aliphatic rings. The van der Waals surface area contributed by atoms with Crippen LogP contribution in [0.2, 0.25) is 0 Å². The van der Waals surface area contributed by atoms with Crippen molar-refractivity contribution >= 4 is 16.7 Å². The lowest BCUT2D eigenvalue weighted by atomic mass is 10.1. The summed E-state index contributed by atoms with van der Waals surface area (Å²) in [5, 5.41) is 5.65. The van der Waals surface area contributed by atoms with Crippen LogP contribution in [-0.4, -0.2) is 33.7 Å². The molecule has 1 amide bonds. The van der Waals surface area contributed by atoms with Crippen molar-refractivity contribution < 1.29 is 4.79 Å². The normalized spacial score (nSPS) is 15.3. The summed E-state index contributed by atoms with van der Waals surface area (Å²) >= 11 is 0. The molecule has 1 aromatic heterocycles. The molecular formula is C23H25N3O2. The third-order valence-corrected chi connectivity index (χ3v) is 5.70. The molecule has 4 rings (SSSR count). The van der Waals surface area contributed by atoms with Gasteiger partial charge in [0.15, 0.2) is 5.69 Å². The third-order valence-electron chi connectivity index (χ3n) is 5.70. The molecule has 0 spiro atoms. The summed E-state index contributed by atoms with van der Waals surface area (Å²) in [6.45, 7) is 0. The van der Waals surface area contributed by atoms with E-state index in [1.807, 2.05) is 60.5 Å². The van der Waals surface area contributed by atoms with Crippen molar-refractivity contribution in [1.29, 1.82) is 0 Å². The van der Waals surface area contributed by atoms with E-state index in [-0.39, 0.29) is 17.5 Å². The van der Waals surface area contributed by atoms with Gasteiger partial charge in [0.05, 0.1) is 11.1 Å². The summed E-state index contributed by atoms with van der Waals surface area (Å²) in [5.41, 5.74) is 0.783. The van der Waals surface area contributed by atoms with Crippen LogP contribution in [0.5, 0.6) is 0 Å². The highest BCUT2D eigenvalue weighted by molar-refractivity contribution is 6.04. The van der Waals surface area contributed by atoms with Gasteiger partial charge in [-0.05, 0) is 31.0 Å². The summed E-state index contributed by atoms with van der Waals surface area (Å²) in [4.78, 5) is 28.2. The number of amides is 1. The van der Waals surface area contributed by atoms with E-state index in [4.69, 9.17) is 0 Å². The van der Waals surface area contributed by atoms with Crippen LogP contribution in [0.4, 0.5) is 0 Å². The average Bonchev–Trinajstić information content (AvgIpc) is 3.03. The van der Waals surface area contributed by atoms with Gasteiger partial charge in [-0.3, -0.25) is 9.59 Å². The number of nitrogens with zero attached hydrogens (tertiary/aromatic N) is 3. The Hall–Kier alpha value is -2.95. The molecule has 5 nitrogen and oxygen atoms in total. The average molecular weight is 375 g/mol. The Kier molecular flexibility index (Phi) is 5.24. The molecule has 0 unspecified atom stereocenters. The minimum Gasteiger partial charge on any atom is -0.337 e. The Morgan fingerprint density at radius 2 is 1.54 bits per heavy atom. The fourth-order valence-electron chi connectivity index (χ4n) is 4.07. The smallest absolute Gasteiger partial charge is 0.279 e. The number of carbonyl (C=O) groups is 1. The number of hydrogen-bond acceptors (Lipinski definition) is 3. The number of aromatic nitrogens is 2. The molecule has 0 N–H and O–H groups in total. The zero-order valence-corrected chi connectivity index (χ0v) is 16.2. The van der Waals surface area contributed by atoms with E-state index in [9.17, 15) is 9.59 Å². The van der Waals surface area contributed by atoms with Gasteiger partial charge in [0.25, 0.3) is 11.5 Å². The van der Waals surface area contributed by atoms with E-state index in [2.05, 4.69) is 5.10 Å². The van der Waals surface area contributed by atoms with E-state index in [0.29, 0.717) is 22.2 Å². The van der Waals surface area contributed by atoms with Gasteiger partial charge in [-0.2, -0.15) is 9.78 Å². The molecule has 0 aliphatic heterocycles. The van der Waals surface area contributed by atoms with Crippen molar-refractivity contribution in [3.8, 4) is 5.69 Å². The number of fused-ring (bicyclic) bond motifs is 1. The Labute approximate surface area is 164 Å². The molecular weight excluding hydrogens is 350 g/mol. The minimum atomic E-state index is -0.213. The van der Waals surface area contributed by atoms with Crippen molar-refractivity contribution in [3.63, 3.8) is 0 Å². The first kappa shape index (κ1) is 18.4. The van der Waals surface area contributed by atoms with Gasteiger partial charge in [-0.15, -0.1) is 0 Å². The first-order valence-corrected chi connectivity index (χ1v) is 10.0. The maximum atomic E-state index is 13.4. The van der Waals surface area contributed by atoms with E-state index >= 15 is 0 Å². The Balaban J connectivity index is 1.82. The van der Waals surface area contributed by atoms with Crippen LogP contribution in [0, 0.1) is 0 Å². The number of carbonyl (C=O) groups excluding carboxylic acids is 1. The maximum absolute atomic E-state index is 13.4. The standard InChI is InChI=1S/C23H25N3O2/c1-25(17-11-5-2-3-6-12-17)23(28)21-19-15-9-10-16-20(19)22(27)26(24-21)18-13-7-4-8-14-18/h4,7-10,13-17H,2-3,5-6,11-12H2,1H3. The zero-order chi connectivity index (χ0) is 19.5. The third kappa shape index (κ3) is 3.44. The molecule has 0 atom stereocenters. The topological polar surface area (TPSA) is 55.2 Å². The fourth-order valence-corrected chi connectivity index (χ4v) is 4.07. The molecule has 0 saturated heterocycles. The van der Waals surface area contributed by atoms with E-state index < -0.39 is 0 Å². The highest BCUT2D eigenvalue weighted by atomic mass is 16.2. The lowest BCUT2D eigenvalue weighted by molar-refractivity contribution is 0.0712. The highest BCUT2D eigenvalue weighted by Gasteiger charge is 2.26. The van der Waals surface area contributed by atoms with Crippen molar-refractivity contribution in [2.45, 2.75) is 44.6 Å². The van der Waals surface area contributed by atoms with Crippen molar-refractivity contribution in [3.05, 3.63) is 70.6 Å². The van der Waals surface area contributed by atoms with Crippen LogP contribution in [-0.2, 0) is 0 Å². The van der Waals surface area contributed by atoms with Gasteiger partial charge in [0.1, 0.15) is 0 Å². The van der Waals surface area contributed by atoms with Crippen LogP contribution >= 0.6 is 0 Å². The Morgan fingerprint density at radius 3 is 2.21 bits per heavy atom. The molecule has 1 saturated carbocycles. The number of para-hydroxylation sites is 1. The van der Waals surface area contributed by atoms with Crippen LogP contribution in [0.3, 0.4) is 0 Å². The zero-order valence-electron chi connectivity index (χ0n) is 16.2. The summed E-state index contributed by atoms with van der Waals surface area (Å²) in [5.74, 6) is -0.118. The second-order valence-electron chi connectivity index (χ2n) is 7.51. The maximum Gasteiger partial charge on any atom is 0.279 e. The molecule has 5 heteroatoms. The predicted molar refractivity (Wildman–Crippen MR) is 111 cm³/mol. The molecule has 1 heterocycles. The lowest BCUT2D eigenvalue weighted by Gasteiger charge is -2.27. The molecule has 3 aromatic rings. The fraction of sp³-hybridized carbons (Fsp3) is 0.348. The van der Waals surface area contributed by atoms with Gasteiger partial charge in [-0.1, -0.05) is 62.1 Å². The number of hydrogen-bond donors (Lipinski definition) is 0. The second kappa shape index (κ2) is 7.97. The Bertz CT molecular complexity index is 1030. The molecule has 2 aromatic carbocycles. The number of rotatable bonds is 3. The summed E-state index contributed by atoms with van der Waals surface area (Å²) < 4.78 is 1.34. The molecule has 0 radical (unpaired) electrons. The van der Waals surface area contributed by atoms with Crippen LogP contribution < -0.4 is 5.56 Å². The summed E-state index contributed by atoms with van der Waals surface area (Å²) in [6.07, 6.45) is 6.83. The summed E-state index contributed by atoms with van der Waals surface area (Å²) in [7, 11) is 1.87. The van der Waals surface area contributed by atoms with Crippen LogP contribution in [0.1, 0.15) is 49.0 Å². The second-order valence-corrected chi connectivity index (χ2v) is 7.51. The summed E-state index contributed by atoms with van der Waals surface area (Å²) in [6, 6.07) is 16.7. The first-order chi connectivity index (χ1) is 13.7. The van der Waals surface area contributed by atoms with Crippen molar-refractivity contribution in [2.24, 2.45) is 0 Å². The van der Waals surface area contributed by atoms with Crippen molar-refractivity contribution in [2.75, 3.05) is 7.05 Å². The molecule has 28 heavy (non-hydrogen) atoms. The minimum absolute atomic E-state index is 0.118. The Morgan fingerprint density at radius 1 is 0.929 bits per heavy atom. The predicted octanol–water partition coefficient (Wildman–Crippen LogP) is 4.18. The molecule has 0 bridgehead atoms. The van der Waals surface area contributed by atoms with E-state index in [0.717, 1.165) is 25.7 Å². The van der Waals surface area contributed by atoms with Gasteiger partial charge < -0.3 is 4.90 Å². The largest absolute Gasteiger partial charge is 0.337 e. The molecule has 1 aliphatic carbocycles. The lowest BCUT2D eigenvalue weighted by Crippen LogP contribution is -2.38. The number of benzene rings is 2. The quantitative estimate of drug-likeness (QED) is 0.645. The van der Waals surface area contributed by atoms with Crippen LogP contribution in [0.25, 0.3) is 16.5 Å².